The van der Waals surface area contributed by atoms with Crippen LogP contribution < -0.4 is 0 Å². The molecule has 1 amide bonds. The van der Waals surface area contributed by atoms with E-state index in [1.807, 2.05) is 23.1 Å². The van der Waals surface area contributed by atoms with E-state index in [1.54, 1.807) is 0 Å². The van der Waals surface area contributed by atoms with Crippen molar-refractivity contribution in [1.82, 2.24) is 14.8 Å². The van der Waals surface area contributed by atoms with Crippen LogP contribution in [0.25, 0.3) is 10.9 Å². The summed E-state index contributed by atoms with van der Waals surface area (Å²) >= 11 is 0. The van der Waals surface area contributed by atoms with Gasteiger partial charge in [0.2, 0.25) is 0 Å². The molecule has 0 saturated heterocycles. The largest absolute Gasteiger partial charge is 0.358 e. The Morgan fingerprint density at radius 1 is 0.882 bits per heavy atom. The number of carbonyl (C=O) groups is 1. The van der Waals surface area contributed by atoms with Gasteiger partial charge in [-0.3, -0.25) is 4.79 Å². The molecule has 1 aromatic heterocycles. The fourth-order valence-electron chi connectivity index (χ4n) is 6.37. The first-order chi connectivity index (χ1) is 16.8. The highest BCUT2D eigenvalue weighted by Gasteiger charge is 2.46. The van der Waals surface area contributed by atoms with Crippen LogP contribution in [0.4, 0.5) is 0 Å². The summed E-state index contributed by atoms with van der Waals surface area (Å²) < 4.78 is 0. The number of aromatic amines is 1. The molecule has 0 spiro atoms. The van der Waals surface area contributed by atoms with Gasteiger partial charge in [0.25, 0.3) is 5.91 Å². The molecule has 0 fully saturated rings. The van der Waals surface area contributed by atoms with Gasteiger partial charge in [-0.2, -0.15) is 0 Å². The average molecular weight is 446 g/mol. The van der Waals surface area contributed by atoms with E-state index >= 15 is 0 Å². The molecule has 168 valence electrons. The van der Waals surface area contributed by atoms with E-state index < -0.39 is 0 Å². The van der Waals surface area contributed by atoms with Gasteiger partial charge in [0, 0.05) is 42.1 Å². The van der Waals surface area contributed by atoms with Crippen LogP contribution in [-0.4, -0.2) is 33.8 Å². The molecule has 0 unspecified atom stereocenters. The number of nitrogens with zero attached hydrogens (tertiary/aromatic N) is 2. The molecule has 3 aliphatic heterocycles. The van der Waals surface area contributed by atoms with E-state index in [1.165, 1.54) is 38.9 Å². The lowest BCUT2D eigenvalue weighted by atomic mass is 9.78. The Kier molecular flexibility index (Phi) is 4.41. The predicted molar refractivity (Wildman–Crippen MR) is 134 cm³/mol. The number of aromatic nitrogens is 1. The molecule has 0 bridgehead atoms. The summed E-state index contributed by atoms with van der Waals surface area (Å²) in [7, 11) is 0. The van der Waals surface area contributed by atoms with Gasteiger partial charge in [-0.05, 0) is 41.2 Å². The van der Waals surface area contributed by atoms with Gasteiger partial charge in [-0.1, -0.05) is 78.9 Å². The van der Waals surface area contributed by atoms with Crippen LogP contribution in [0.5, 0.6) is 0 Å². The maximum Gasteiger partial charge on any atom is 0.270 e. The van der Waals surface area contributed by atoms with Crippen LogP contribution >= 0.6 is 0 Å². The van der Waals surface area contributed by atoms with Crippen molar-refractivity contribution < 1.29 is 4.79 Å². The van der Waals surface area contributed by atoms with Crippen molar-refractivity contribution in [2.45, 2.75) is 31.3 Å². The highest BCUT2D eigenvalue weighted by Crippen LogP contribution is 2.50. The van der Waals surface area contributed by atoms with Gasteiger partial charge >= 0.3 is 0 Å². The molecular formula is C30H27N3O. The average Bonchev–Trinajstić information content (AvgIpc) is 3.43. The minimum atomic E-state index is 0.184. The second-order valence-electron chi connectivity index (χ2n) is 9.74. The summed E-state index contributed by atoms with van der Waals surface area (Å²) in [5.74, 6) is 0.434. The Hall–Kier alpha value is -3.79. The van der Waals surface area contributed by atoms with Gasteiger partial charge < -0.3 is 14.8 Å². The zero-order valence-electron chi connectivity index (χ0n) is 19.1. The highest BCUT2D eigenvalue weighted by molar-refractivity contribution is 5.97. The topological polar surface area (TPSA) is 39.3 Å². The van der Waals surface area contributed by atoms with Crippen molar-refractivity contribution in [2.24, 2.45) is 0 Å². The first-order valence-electron chi connectivity index (χ1n) is 12.3. The van der Waals surface area contributed by atoms with Gasteiger partial charge in [0.1, 0.15) is 5.70 Å². The third-order valence-corrected chi connectivity index (χ3v) is 7.90. The van der Waals surface area contributed by atoms with Gasteiger partial charge in [-0.25, -0.2) is 0 Å². The Bertz CT molecular complexity index is 1420. The lowest BCUT2D eigenvalue weighted by Crippen LogP contribution is -2.41. The lowest BCUT2D eigenvalue weighted by molar-refractivity contribution is -0.127. The van der Waals surface area contributed by atoms with Crippen LogP contribution in [-0.2, 0) is 17.8 Å². The predicted octanol–water partition coefficient (Wildman–Crippen LogP) is 5.55. The highest BCUT2D eigenvalue weighted by atomic mass is 16.2. The van der Waals surface area contributed by atoms with E-state index in [0.29, 0.717) is 13.1 Å². The van der Waals surface area contributed by atoms with Gasteiger partial charge in [0.05, 0.1) is 6.04 Å². The first kappa shape index (κ1) is 19.7. The number of carbonyl (C=O) groups excluding carboxylic acids is 1. The molecule has 3 aliphatic rings. The summed E-state index contributed by atoms with van der Waals surface area (Å²) in [5, 5.41) is 1.33. The molecule has 0 aliphatic carbocycles. The summed E-state index contributed by atoms with van der Waals surface area (Å²) in [6, 6.07) is 29.9. The third kappa shape index (κ3) is 2.95. The molecule has 2 atom stereocenters. The van der Waals surface area contributed by atoms with Crippen molar-refractivity contribution in [3.8, 4) is 0 Å². The lowest BCUT2D eigenvalue weighted by Gasteiger charge is -2.43. The number of nitrogens with one attached hydrogen (secondary N) is 1. The van der Waals surface area contributed by atoms with Crippen molar-refractivity contribution in [2.75, 3.05) is 13.1 Å². The van der Waals surface area contributed by atoms with E-state index in [4.69, 9.17) is 0 Å². The van der Waals surface area contributed by atoms with Gasteiger partial charge in [-0.15, -0.1) is 0 Å². The van der Waals surface area contributed by atoms with Crippen LogP contribution in [0, 0.1) is 0 Å². The second kappa shape index (κ2) is 7.63. The Balaban J connectivity index is 1.32. The number of rotatable bonds is 3. The number of fused-ring (bicyclic) bond motifs is 6. The summed E-state index contributed by atoms with van der Waals surface area (Å²) in [4.78, 5) is 22.1. The monoisotopic (exact) mass is 445 g/mol. The maximum absolute atomic E-state index is 13.9. The SMILES string of the molecule is O=C1C2=C(CN1Cc1ccccc1)[C@@H](c1ccccc1)C[C@@H]1c3[nH]c4ccccc4c3CCN21. The van der Waals surface area contributed by atoms with Crippen LogP contribution in [0.3, 0.4) is 0 Å². The van der Waals surface area contributed by atoms with E-state index in [2.05, 4.69) is 76.6 Å². The smallest absolute Gasteiger partial charge is 0.270 e. The number of benzene rings is 3. The quantitative estimate of drug-likeness (QED) is 0.449. The van der Waals surface area contributed by atoms with Crippen molar-refractivity contribution in [1.29, 1.82) is 0 Å². The molecule has 4 nitrogen and oxygen atoms in total. The molecule has 4 heteroatoms. The van der Waals surface area contributed by atoms with E-state index in [9.17, 15) is 4.79 Å². The minimum absolute atomic E-state index is 0.184. The van der Waals surface area contributed by atoms with Crippen LogP contribution in [0.15, 0.2) is 96.2 Å². The van der Waals surface area contributed by atoms with E-state index in [0.717, 1.165) is 25.1 Å². The molecule has 7 rings (SSSR count). The first-order valence-corrected chi connectivity index (χ1v) is 12.3. The summed E-state index contributed by atoms with van der Waals surface area (Å²) in [6.07, 6.45) is 1.96. The molecule has 34 heavy (non-hydrogen) atoms. The zero-order valence-corrected chi connectivity index (χ0v) is 19.1. The van der Waals surface area contributed by atoms with Crippen LogP contribution in [0.1, 0.15) is 40.8 Å². The molecule has 4 heterocycles. The number of H-pyrrole nitrogens is 1. The minimum Gasteiger partial charge on any atom is -0.358 e. The fourth-order valence-corrected chi connectivity index (χ4v) is 6.37. The fraction of sp³-hybridized carbons (Fsp3) is 0.233. The number of amides is 1. The van der Waals surface area contributed by atoms with E-state index in [-0.39, 0.29) is 17.9 Å². The van der Waals surface area contributed by atoms with Crippen molar-refractivity contribution >= 4 is 16.8 Å². The Labute approximate surface area is 199 Å². The molecule has 0 saturated carbocycles. The number of hydrogen-bond donors (Lipinski definition) is 1. The van der Waals surface area contributed by atoms with Crippen molar-refractivity contribution in [3.63, 3.8) is 0 Å². The van der Waals surface area contributed by atoms with Crippen molar-refractivity contribution in [3.05, 3.63) is 119 Å². The Morgan fingerprint density at radius 2 is 1.62 bits per heavy atom. The van der Waals surface area contributed by atoms with Crippen LogP contribution in [0.2, 0.25) is 0 Å². The molecular weight excluding hydrogens is 418 g/mol. The molecule has 3 aromatic carbocycles. The summed E-state index contributed by atoms with van der Waals surface area (Å²) in [6.45, 7) is 2.26. The molecule has 4 aromatic rings. The standard InChI is InChI=1S/C30H27N3O/c34-30-29-25(19-32(30)18-20-9-3-1-4-10-20)24(21-11-5-2-6-12-21)17-27-28-23(15-16-33(27)29)22-13-7-8-14-26(22)31-28/h1-14,24,27,31H,15-19H2/t24-,27-/m1/s1. The maximum atomic E-state index is 13.9. The number of hydrogen-bond acceptors (Lipinski definition) is 2. The normalized spacial score (nSPS) is 21.6. The zero-order chi connectivity index (χ0) is 22.6. The number of para-hydroxylation sites is 1. The molecule has 0 radical (unpaired) electrons. The third-order valence-electron chi connectivity index (χ3n) is 7.90. The second-order valence-corrected chi connectivity index (χ2v) is 9.74. The van der Waals surface area contributed by atoms with Gasteiger partial charge in [0.15, 0.2) is 0 Å². The Morgan fingerprint density at radius 3 is 2.44 bits per heavy atom. The molecule has 1 N–H and O–H groups in total. The summed E-state index contributed by atoms with van der Waals surface area (Å²) in [5.41, 5.74) is 8.67.